The molecule has 1 amide bonds. The minimum Gasteiger partial charge on any atom is -0.393 e. The number of nitroso groups, excluding NO2 is 1. The summed E-state index contributed by atoms with van der Waals surface area (Å²) in [5.74, 6) is 5.28. The second-order valence-electron chi connectivity index (χ2n) is 4.14. The number of hydrogen-bond acceptors (Lipinski definition) is 3. The molecule has 0 spiro atoms. The molecule has 4 N–H and O–H groups in total. The van der Waals surface area contributed by atoms with Gasteiger partial charge in [-0.3, -0.25) is 4.79 Å². The Balaban J connectivity index is 2.19. The van der Waals surface area contributed by atoms with Gasteiger partial charge in [-0.05, 0) is 18.1 Å². The highest BCUT2D eigenvalue weighted by molar-refractivity contribution is 5.78. The average Bonchev–Trinajstić information content (AvgIpc) is 2.67. The van der Waals surface area contributed by atoms with Crippen LogP contribution >= 0.6 is 0 Å². The van der Waals surface area contributed by atoms with Gasteiger partial charge in [-0.1, -0.05) is 6.07 Å². The van der Waals surface area contributed by atoms with Gasteiger partial charge in [0.25, 0.3) is 0 Å². The molecule has 1 saturated heterocycles. The lowest BCUT2D eigenvalue weighted by Gasteiger charge is -2.15. The summed E-state index contributed by atoms with van der Waals surface area (Å²) in [6.07, 6.45) is 1.50. The molecular weight excluding hydrogens is 220 g/mol. The van der Waals surface area contributed by atoms with E-state index in [1.807, 2.05) is 0 Å². The van der Waals surface area contributed by atoms with Crippen molar-refractivity contribution in [2.24, 2.45) is 5.84 Å². The van der Waals surface area contributed by atoms with Crippen LogP contribution in [0.15, 0.2) is 18.2 Å². The minimum atomic E-state index is 0.148. The van der Waals surface area contributed by atoms with Crippen LogP contribution < -0.4 is 11.6 Å². The maximum atomic E-state index is 11.5. The quantitative estimate of drug-likeness (QED) is 0.348. The van der Waals surface area contributed by atoms with E-state index in [0.717, 1.165) is 18.5 Å². The van der Waals surface area contributed by atoms with Gasteiger partial charge >= 0.3 is 5.69 Å². The molecular formula is C11H15N4O2+. The predicted octanol–water partition coefficient (Wildman–Crippen LogP) is 0.675. The van der Waals surface area contributed by atoms with E-state index in [1.165, 1.54) is 0 Å². The van der Waals surface area contributed by atoms with Crippen LogP contribution in [-0.4, -0.2) is 22.2 Å². The number of amides is 1. The maximum absolute atomic E-state index is 11.5. The molecule has 1 aromatic rings. The lowest BCUT2D eigenvalue weighted by atomic mass is 10.1. The molecule has 0 aliphatic carbocycles. The van der Waals surface area contributed by atoms with E-state index in [0.29, 0.717) is 18.7 Å². The molecule has 1 aromatic carbocycles. The van der Waals surface area contributed by atoms with Gasteiger partial charge in [-0.25, -0.2) is 0 Å². The Kier molecular flexibility index (Phi) is 2.95. The highest BCUT2D eigenvalue weighted by atomic mass is 16.3. The zero-order valence-corrected chi connectivity index (χ0v) is 9.43. The topological polar surface area (TPSA) is 92.4 Å². The monoisotopic (exact) mass is 235 g/mol. The van der Waals surface area contributed by atoms with E-state index in [9.17, 15) is 9.70 Å². The molecule has 0 atom stereocenters. The first-order chi connectivity index (χ1) is 8.08. The molecule has 0 unspecified atom stereocenters. The summed E-state index contributed by atoms with van der Waals surface area (Å²) in [6, 6.07) is 5.05. The second kappa shape index (κ2) is 4.40. The van der Waals surface area contributed by atoms with Crippen molar-refractivity contribution in [3.8, 4) is 0 Å². The molecule has 17 heavy (non-hydrogen) atoms. The van der Waals surface area contributed by atoms with Crippen LogP contribution in [0.3, 0.4) is 0 Å². The van der Waals surface area contributed by atoms with Gasteiger partial charge < -0.3 is 10.6 Å². The number of rotatable bonds is 3. The molecule has 2 rings (SSSR count). The summed E-state index contributed by atoms with van der Waals surface area (Å²) in [6.45, 7) is 1.27. The third kappa shape index (κ3) is 2.35. The zero-order valence-electron chi connectivity index (χ0n) is 9.43. The van der Waals surface area contributed by atoms with E-state index in [-0.39, 0.29) is 16.5 Å². The van der Waals surface area contributed by atoms with Crippen molar-refractivity contribution in [2.75, 3.05) is 12.3 Å². The number of nitrogens with two attached hydrogens (primary N) is 2. The van der Waals surface area contributed by atoms with Crippen molar-refractivity contribution in [3.05, 3.63) is 28.7 Å². The molecule has 0 radical (unpaired) electrons. The number of nitrogens with zero attached hydrogens (tertiary/aromatic N) is 2. The van der Waals surface area contributed by atoms with E-state index in [1.54, 1.807) is 23.1 Å². The molecule has 6 heteroatoms. The van der Waals surface area contributed by atoms with Crippen LogP contribution in [-0.2, 0) is 11.3 Å². The van der Waals surface area contributed by atoms with E-state index in [2.05, 4.69) is 0 Å². The lowest BCUT2D eigenvalue weighted by molar-refractivity contribution is -0.473. The standard InChI is InChI=1S/C11H15N4O2/c12-9-4-3-8(6-10(9)15(13)17)7-14-5-1-2-11(14)16/h3-4,6H,1-2,5,7,12H2,(H2,13,17)/q+1. The Morgan fingerprint density at radius 1 is 1.41 bits per heavy atom. The van der Waals surface area contributed by atoms with Crippen LogP contribution in [0.4, 0.5) is 11.4 Å². The third-order valence-corrected chi connectivity index (χ3v) is 2.88. The maximum Gasteiger partial charge on any atom is 0.314 e. The lowest BCUT2D eigenvalue weighted by Crippen LogP contribution is -2.24. The molecule has 0 saturated carbocycles. The van der Waals surface area contributed by atoms with Crippen LogP contribution in [0.1, 0.15) is 18.4 Å². The van der Waals surface area contributed by atoms with Crippen molar-refractivity contribution in [2.45, 2.75) is 19.4 Å². The molecule has 1 fully saturated rings. The van der Waals surface area contributed by atoms with Crippen LogP contribution in [0, 0.1) is 4.91 Å². The zero-order chi connectivity index (χ0) is 12.4. The molecule has 6 nitrogen and oxygen atoms in total. The Labute approximate surface area is 98.7 Å². The van der Waals surface area contributed by atoms with E-state index in [4.69, 9.17) is 11.6 Å². The summed E-state index contributed by atoms with van der Waals surface area (Å²) < 4.78 is 0. The van der Waals surface area contributed by atoms with E-state index < -0.39 is 0 Å². The minimum absolute atomic E-state index is 0.148. The van der Waals surface area contributed by atoms with Gasteiger partial charge in [-0.15, -0.1) is 0 Å². The summed E-state index contributed by atoms with van der Waals surface area (Å²) in [4.78, 5) is 24.5. The van der Waals surface area contributed by atoms with Gasteiger partial charge in [-0.2, -0.15) is 5.84 Å². The SMILES string of the molecule is Nc1ccc(CN2CCCC2=O)cc1[N+](N)=O. The summed E-state index contributed by atoms with van der Waals surface area (Å²) in [5.41, 5.74) is 7.04. The highest BCUT2D eigenvalue weighted by Crippen LogP contribution is 2.23. The first-order valence-corrected chi connectivity index (χ1v) is 5.46. The summed E-state index contributed by atoms with van der Waals surface area (Å²) in [7, 11) is 0. The van der Waals surface area contributed by atoms with Gasteiger partial charge in [0.15, 0.2) is 4.87 Å². The predicted molar refractivity (Wildman–Crippen MR) is 63.0 cm³/mol. The average molecular weight is 235 g/mol. The summed E-state index contributed by atoms with van der Waals surface area (Å²) >= 11 is 0. The van der Waals surface area contributed by atoms with Crippen molar-refractivity contribution < 1.29 is 9.66 Å². The van der Waals surface area contributed by atoms with Crippen molar-refractivity contribution in [1.29, 1.82) is 0 Å². The first kappa shape index (κ1) is 11.4. The molecule has 0 bridgehead atoms. The Hall–Kier alpha value is -2.11. The normalized spacial score (nSPS) is 15.3. The van der Waals surface area contributed by atoms with Crippen LogP contribution in [0.2, 0.25) is 0 Å². The Morgan fingerprint density at radius 3 is 2.76 bits per heavy atom. The molecule has 90 valence electrons. The largest absolute Gasteiger partial charge is 0.393 e. The van der Waals surface area contributed by atoms with Gasteiger partial charge in [0, 0.05) is 25.6 Å². The molecule has 1 heterocycles. The third-order valence-electron chi connectivity index (χ3n) is 2.88. The van der Waals surface area contributed by atoms with E-state index >= 15 is 0 Å². The first-order valence-electron chi connectivity index (χ1n) is 5.46. The van der Waals surface area contributed by atoms with Crippen molar-refractivity contribution in [3.63, 3.8) is 0 Å². The fourth-order valence-electron chi connectivity index (χ4n) is 1.97. The van der Waals surface area contributed by atoms with Crippen molar-refractivity contribution >= 4 is 17.3 Å². The Morgan fingerprint density at radius 2 is 2.18 bits per heavy atom. The number of carbonyl (C=O) groups is 1. The number of hydrazine groups is 1. The smallest absolute Gasteiger partial charge is 0.314 e. The van der Waals surface area contributed by atoms with Gasteiger partial charge in [0.2, 0.25) is 5.91 Å². The van der Waals surface area contributed by atoms with Gasteiger partial charge in [0.05, 0.1) is 4.91 Å². The molecule has 1 aliphatic heterocycles. The van der Waals surface area contributed by atoms with Crippen LogP contribution in [0.25, 0.3) is 0 Å². The number of nitrogen functional groups attached to an aromatic ring is 1. The molecule has 0 aromatic heterocycles. The number of likely N-dealkylation sites (tertiary alicyclic amines) is 1. The second-order valence-corrected chi connectivity index (χ2v) is 4.14. The Bertz CT molecular complexity index is 473. The fraction of sp³-hybridized carbons (Fsp3) is 0.364. The number of carbonyl (C=O) groups excluding carboxylic acids is 1. The highest BCUT2D eigenvalue weighted by Gasteiger charge is 2.21. The van der Waals surface area contributed by atoms with Crippen molar-refractivity contribution in [1.82, 2.24) is 4.90 Å². The van der Waals surface area contributed by atoms with Crippen LogP contribution in [0.5, 0.6) is 0 Å². The molecule has 1 aliphatic rings. The number of benzene rings is 1. The summed E-state index contributed by atoms with van der Waals surface area (Å²) in [5, 5.41) is 0. The fourth-order valence-corrected chi connectivity index (χ4v) is 1.97. The number of hydrogen-bond donors (Lipinski definition) is 2. The number of anilines is 1. The van der Waals surface area contributed by atoms with Gasteiger partial charge in [0.1, 0.15) is 5.69 Å².